The smallest absolute Gasteiger partial charge is 0.232 e. The van der Waals surface area contributed by atoms with E-state index in [1.165, 1.54) is 0 Å². The van der Waals surface area contributed by atoms with Gasteiger partial charge in [-0.1, -0.05) is 18.2 Å². The summed E-state index contributed by atoms with van der Waals surface area (Å²) in [4.78, 5) is 16.2. The summed E-state index contributed by atoms with van der Waals surface area (Å²) in [7, 11) is 1.60. The molecular weight excluding hydrogens is 336 g/mol. The van der Waals surface area contributed by atoms with Crippen molar-refractivity contribution in [2.45, 2.75) is 0 Å². The van der Waals surface area contributed by atoms with Crippen molar-refractivity contribution in [2.24, 2.45) is 0 Å². The molecular formula is C18H14N4O2S. The minimum Gasteiger partial charge on any atom is -0.497 e. The first kappa shape index (κ1) is 15.3. The number of para-hydroxylation sites is 1. The highest BCUT2D eigenvalue weighted by molar-refractivity contribution is 7.71. The topological polar surface area (TPSA) is 75.7 Å². The van der Waals surface area contributed by atoms with Gasteiger partial charge in [0.1, 0.15) is 5.75 Å². The lowest BCUT2D eigenvalue weighted by atomic mass is 10.1. The number of hydrogen-bond donors (Lipinski definition) is 2. The summed E-state index contributed by atoms with van der Waals surface area (Å²) in [5.74, 6) is 0.754. The van der Waals surface area contributed by atoms with Gasteiger partial charge >= 0.3 is 0 Å². The van der Waals surface area contributed by atoms with E-state index in [4.69, 9.17) is 17.0 Å². The number of ketones is 1. The van der Waals surface area contributed by atoms with E-state index in [2.05, 4.69) is 15.2 Å². The number of rotatable bonds is 4. The lowest BCUT2D eigenvalue weighted by Crippen LogP contribution is -2.10. The van der Waals surface area contributed by atoms with Crippen LogP contribution < -0.4 is 4.74 Å². The molecule has 2 aromatic carbocycles. The first-order valence-electron chi connectivity index (χ1n) is 7.61. The van der Waals surface area contributed by atoms with Crippen LogP contribution in [0.5, 0.6) is 5.75 Å². The molecule has 4 aromatic rings. The number of carbonyl (C=O) groups excluding carboxylic acids is 1. The van der Waals surface area contributed by atoms with Crippen LogP contribution in [-0.2, 0) is 0 Å². The lowest BCUT2D eigenvalue weighted by Gasteiger charge is -2.07. The van der Waals surface area contributed by atoms with Crippen LogP contribution in [0.15, 0.2) is 54.7 Å². The monoisotopic (exact) mass is 350 g/mol. The molecule has 0 unspecified atom stereocenters. The highest BCUT2D eigenvalue weighted by Gasteiger charge is 2.21. The molecule has 0 saturated carbocycles. The third-order valence-electron chi connectivity index (χ3n) is 4.04. The van der Waals surface area contributed by atoms with Crippen LogP contribution in [0.25, 0.3) is 16.6 Å². The highest BCUT2D eigenvalue weighted by Crippen LogP contribution is 2.22. The van der Waals surface area contributed by atoms with Gasteiger partial charge in [0.05, 0.1) is 18.4 Å². The van der Waals surface area contributed by atoms with E-state index in [1.54, 1.807) is 17.9 Å². The van der Waals surface area contributed by atoms with Gasteiger partial charge < -0.3 is 9.72 Å². The number of fused-ring (bicyclic) bond motifs is 1. The molecule has 25 heavy (non-hydrogen) atoms. The standard InChI is InChI=1S/C18H14N4O2S/c1-24-12-8-6-11(7-9-12)22-17(20-21-18(22)25)16(23)14-10-19-15-5-3-2-4-13(14)15/h2-10,19H,1H3,(H,21,25). The number of benzene rings is 2. The Hall–Kier alpha value is -3.19. The largest absolute Gasteiger partial charge is 0.497 e. The maximum Gasteiger partial charge on any atom is 0.232 e. The van der Waals surface area contributed by atoms with Crippen LogP contribution in [0.2, 0.25) is 0 Å². The molecule has 4 rings (SSSR count). The van der Waals surface area contributed by atoms with E-state index in [1.807, 2.05) is 48.5 Å². The predicted molar refractivity (Wildman–Crippen MR) is 97.0 cm³/mol. The summed E-state index contributed by atoms with van der Waals surface area (Å²) >= 11 is 5.31. The maximum atomic E-state index is 13.1. The predicted octanol–water partition coefficient (Wildman–Crippen LogP) is 3.65. The molecule has 2 aromatic heterocycles. The average Bonchev–Trinajstić information content (AvgIpc) is 3.25. The summed E-state index contributed by atoms with van der Waals surface area (Å²) < 4.78 is 7.15. The quantitative estimate of drug-likeness (QED) is 0.435. The van der Waals surface area contributed by atoms with Crippen LogP contribution in [-0.4, -0.2) is 32.6 Å². The van der Waals surface area contributed by atoms with Crippen LogP contribution in [0.1, 0.15) is 16.2 Å². The van der Waals surface area contributed by atoms with Crippen molar-refractivity contribution in [3.63, 3.8) is 0 Å². The second-order valence-corrected chi connectivity index (χ2v) is 5.85. The van der Waals surface area contributed by atoms with Crippen molar-refractivity contribution in [1.29, 1.82) is 0 Å². The molecule has 0 amide bonds. The first-order chi connectivity index (χ1) is 12.2. The van der Waals surface area contributed by atoms with Gasteiger partial charge in [-0.25, -0.2) is 0 Å². The van der Waals surface area contributed by atoms with Crippen LogP contribution in [0.4, 0.5) is 0 Å². The number of aromatic nitrogens is 4. The van der Waals surface area contributed by atoms with E-state index < -0.39 is 0 Å². The van der Waals surface area contributed by atoms with E-state index in [9.17, 15) is 4.79 Å². The van der Waals surface area contributed by atoms with Crippen molar-refractivity contribution in [1.82, 2.24) is 19.7 Å². The van der Waals surface area contributed by atoms with Gasteiger partial charge in [-0.05, 0) is 42.5 Å². The fraction of sp³-hybridized carbons (Fsp3) is 0.0556. The molecule has 0 aliphatic carbocycles. The number of methoxy groups -OCH3 is 1. The number of hydrogen-bond acceptors (Lipinski definition) is 4. The normalized spacial score (nSPS) is 10.9. The highest BCUT2D eigenvalue weighted by atomic mass is 32.1. The average molecular weight is 350 g/mol. The number of nitrogens with one attached hydrogen (secondary N) is 2. The summed E-state index contributed by atoms with van der Waals surface area (Å²) in [5.41, 5.74) is 2.19. The number of nitrogens with zero attached hydrogens (tertiary/aromatic N) is 2. The van der Waals surface area contributed by atoms with E-state index in [0.717, 1.165) is 22.3 Å². The Morgan fingerprint density at radius 2 is 1.92 bits per heavy atom. The van der Waals surface area contributed by atoms with Gasteiger partial charge in [0.15, 0.2) is 4.77 Å². The van der Waals surface area contributed by atoms with Gasteiger partial charge in [0.2, 0.25) is 11.6 Å². The van der Waals surface area contributed by atoms with Crippen molar-refractivity contribution >= 4 is 28.9 Å². The molecule has 0 spiro atoms. The minimum atomic E-state index is -0.208. The molecule has 0 atom stereocenters. The van der Waals surface area contributed by atoms with Crippen molar-refractivity contribution in [3.05, 3.63) is 70.9 Å². The zero-order chi connectivity index (χ0) is 17.4. The lowest BCUT2D eigenvalue weighted by molar-refractivity contribution is 0.102. The van der Waals surface area contributed by atoms with E-state index in [-0.39, 0.29) is 11.6 Å². The van der Waals surface area contributed by atoms with Gasteiger partial charge in [-0.2, -0.15) is 5.10 Å². The SMILES string of the molecule is COc1ccc(-n2c(C(=O)c3c[nH]c4ccccc34)n[nH]c2=S)cc1. The number of carbonyl (C=O) groups is 1. The Bertz CT molecular complexity index is 1120. The van der Waals surface area contributed by atoms with Gasteiger partial charge in [-0.3, -0.25) is 14.5 Å². The zero-order valence-corrected chi connectivity index (χ0v) is 14.1. The molecule has 0 aliphatic rings. The second kappa shape index (κ2) is 6.03. The molecule has 124 valence electrons. The van der Waals surface area contributed by atoms with Crippen LogP contribution >= 0.6 is 12.2 Å². The van der Waals surface area contributed by atoms with Crippen LogP contribution in [0.3, 0.4) is 0 Å². The van der Waals surface area contributed by atoms with E-state index in [0.29, 0.717) is 10.3 Å². The molecule has 0 aliphatic heterocycles. The van der Waals surface area contributed by atoms with Gasteiger partial charge in [-0.15, -0.1) is 0 Å². The van der Waals surface area contributed by atoms with E-state index >= 15 is 0 Å². The molecule has 6 nitrogen and oxygen atoms in total. The summed E-state index contributed by atoms with van der Waals surface area (Å²) in [6.45, 7) is 0. The number of H-pyrrole nitrogens is 2. The Labute approximate surface area is 148 Å². The third-order valence-corrected chi connectivity index (χ3v) is 4.31. The molecule has 0 saturated heterocycles. The minimum absolute atomic E-state index is 0.208. The van der Waals surface area contributed by atoms with Crippen LogP contribution in [0, 0.1) is 4.77 Å². The van der Waals surface area contributed by atoms with Crippen molar-refractivity contribution < 1.29 is 9.53 Å². The second-order valence-electron chi connectivity index (χ2n) is 5.46. The Kier molecular flexibility index (Phi) is 3.70. The van der Waals surface area contributed by atoms with Crippen molar-refractivity contribution in [2.75, 3.05) is 7.11 Å². The van der Waals surface area contributed by atoms with Gasteiger partial charge in [0, 0.05) is 17.1 Å². The Balaban J connectivity index is 1.83. The zero-order valence-electron chi connectivity index (χ0n) is 13.3. The number of aromatic amines is 2. The van der Waals surface area contributed by atoms with Crippen molar-refractivity contribution in [3.8, 4) is 11.4 Å². The third kappa shape index (κ3) is 2.54. The Morgan fingerprint density at radius 1 is 1.16 bits per heavy atom. The molecule has 7 heteroatoms. The fourth-order valence-corrected chi connectivity index (χ4v) is 3.04. The first-order valence-corrected chi connectivity index (χ1v) is 8.02. The molecule has 2 N–H and O–H groups in total. The fourth-order valence-electron chi connectivity index (χ4n) is 2.80. The molecule has 0 bridgehead atoms. The summed E-state index contributed by atoms with van der Waals surface area (Å²) in [5, 5.41) is 7.71. The number of ether oxygens (including phenoxy) is 1. The van der Waals surface area contributed by atoms with Gasteiger partial charge in [0.25, 0.3) is 0 Å². The molecule has 2 heterocycles. The molecule has 0 fully saturated rings. The molecule has 0 radical (unpaired) electrons. The maximum absolute atomic E-state index is 13.1. The Morgan fingerprint density at radius 3 is 2.68 bits per heavy atom. The summed E-state index contributed by atoms with van der Waals surface area (Å²) in [6, 6.07) is 14.9. The summed E-state index contributed by atoms with van der Waals surface area (Å²) in [6.07, 6.45) is 1.70.